The number of aryl methyl sites for hydroxylation is 1. The zero-order valence-corrected chi connectivity index (χ0v) is 14.2. The highest BCUT2D eigenvalue weighted by atomic mass is 35.5. The number of urea groups is 1. The summed E-state index contributed by atoms with van der Waals surface area (Å²) in [5, 5.41) is 7.95. The Morgan fingerprint density at radius 3 is 2.52 bits per heavy atom. The molecule has 23 heavy (non-hydrogen) atoms. The van der Waals surface area contributed by atoms with Gasteiger partial charge in [0.05, 0.1) is 5.92 Å². The van der Waals surface area contributed by atoms with E-state index in [-0.39, 0.29) is 11.9 Å². The van der Waals surface area contributed by atoms with Crippen molar-refractivity contribution in [3.8, 4) is 0 Å². The normalized spacial score (nSPS) is 14.9. The van der Waals surface area contributed by atoms with E-state index in [2.05, 4.69) is 29.2 Å². The minimum Gasteiger partial charge on any atom is -0.323 e. The van der Waals surface area contributed by atoms with Crippen LogP contribution in [0.4, 0.5) is 10.5 Å². The smallest absolute Gasteiger partial charge is 0.321 e. The van der Waals surface area contributed by atoms with Crippen LogP contribution < -0.4 is 5.32 Å². The van der Waals surface area contributed by atoms with Gasteiger partial charge in [-0.05, 0) is 24.3 Å². The quantitative estimate of drug-likeness (QED) is 0.938. The number of benzene rings is 1. The zero-order chi connectivity index (χ0) is 16.6. The summed E-state index contributed by atoms with van der Waals surface area (Å²) in [5.41, 5.74) is 0.739. The van der Waals surface area contributed by atoms with Gasteiger partial charge in [-0.15, -0.1) is 0 Å². The summed E-state index contributed by atoms with van der Waals surface area (Å²) < 4.78 is 1.83. The van der Waals surface area contributed by atoms with E-state index in [1.165, 1.54) is 0 Å². The molecule has 1 fully saturated rings. The highest BCUT2D eigenvalue weighted by Gasteiger charge is 2.35. The van der Waals surface area contributed by atoms with Crippen LogP contribution in [0, 0.1) is 0 Å². The predicted octanol–water partition coefficient (Wildman–Crippen LogP) is 3.22. The van der Waals surface area contributed by atoms with Crippen molar-refractivity contribution in [2.75, 3.05) is 18.4 Å². The molecule has 0 atom stereocenters. The number of amides is 2. The highest BCUT2D eigenvalue weighted by molar-refractivity contribution is 6.30. The number of nitrogens with zero attached hydrogens (tertiary/aromatic N) is 4. The summed E-state index contributed by atoms with van der Waals surface area (Å²) in [4.78, 5) is 18.6. The molecule has 0 radical (unpaired) electrons. The van der Waals surface area contributed by atoms with Crippen LogP contribution >= 0.6 is 11.6 Å². The Bertz CT molecular complexity index is 704. The third kappa shape index (κ3) is 3.32. The lowest BCUT2D eigenvalue weighted by atomic mass is 10.00. The van der Waals surface area contributed by atoms with E-state index in [1.54, 1.807) is 29.2 Å². The first-order chi connectivity index (χ1) is 10.9. The van der Waals surface area contributed by atoms with Crippen molar-refractivity contribution in [3.05, 3.63) is 40.9 Å². The van der Waals surface area contributed by atoms with Gasteiger partial charge in [-0.3, -0.25) is 4.68 Å². The standard InChI is InChI=1S/C16H20ClN5O/c1-10(2)14-19-15(21(3)20-14)11-8-22(9-11)16(23)18-13-6-4-12(17)5-7-13/h4-7,10-11H,8-9H2,1-3H3,(H,18,23). The van der Waals surface area contributed by atoms with Crippen molar-refractivity contribution < 1.29 is 4.79 Å². The molecule has 6 nitrogen and oxygen atoms in total. The third-order valence-corrected chi connectivity index (χ3v) is 4.21. The average molecular weight is 334 g/mol. The number of halogens is 1. The fraction of sp³-hybridized carbons (Fsp3) is 0.438. The first-order valence-electron chi connectivity index (χ1n) is 7.66. The van der Waals surface area contributed by atoms with Gasteiger partial charge in [-0.2, -0.15) is 5.10 Å². The van der Waals surface area contributed by atoms with Gasteiger partial charge in [0, 0.05) is 36.8 Å². The molecular weight excluding hydrogens is 314 g/mol. The second-order valence-electron chi connectivity index (χ2n) is 6.15. The van der Waals surface area contributed by atoms with Crippen LogP contribution in [-0.2, 0) is 7.05 Å². The molecule has 1 aromatic carbocycles. The van der Waals surface area contributed by atoms with Crippen molar-refractivity contribution >= 4 is 23.3 Å². The molecule has 1 N–H and O–H groups in total. The Labute approximate surface area is 140 Å². The first kappa shape index (κ1) is 15.8. The maximum absolute atomic E-state index is 12.2. The number of carbonyl (C=O) groups is 1. The molecule has 0 bridgehead atoms. The number of hydrogen-bond acceptors (Lipinski definition) is 3. The molecule has 0 spiro atoms. The molecule has 2 aromatic rings. The second-order valence-corrected chi connectivity index (χ2v) is 6.58. The molecule has 0 aliphatic carbocycles. The third-order valence-electron chi connectivity index (χ3n) is 3.96. The number of rotatable bonds is 3. The van der Waals surface area contributed by atoms with Crippen LogP contribution in [0.1, 0.15) is 37.3 Å². The summed E-state index contributed by atoms with van der Waals surface area (Å²) in [6.45, 7) is 5.46. The summed E-state index contributed by atoms with van der Waals surface area (Å²) in [7, 11) is 1.91. The summed E-state index contributed by atoms with van der Waals surface area (Å²) in [6, 6.07) is 6.98. The molecule has 3 rings (SSSR count). The molecule has 1 aliphatic rings. The van der Waals surface area contributed by atoms with Crippen LogP contribution in [0.3, 0.4) is 0 Å². The maximum Gasteiger partial charge on any atom is 0.321 e. The Kier molecular flexibility index (Phi) is 4.26. The molecule has 7 heteroatoms. The van der Waals surface area contributed by atoms with Crippen molar-refractivity contribution in [1.82, 2.24) is 19.7 Å². The molecule has 2 heterocycles. The van der Waals surface area contributed by atoms with Crippen LogP contribution in [0.2, 0.25) is 5.02 Å². The lowest BCUT2D eigenvalue weighted by Crippen LogP contribution is -2.51. The monoisotopic (exact) mass is 333 g/mol. The Hall–Kier alpha value is -2.08. The molecule has 1 aliphatic heterocycles. The van der Waals surface area contributed by atoms with Gasteiger partial charge in [-0.25, -0.2) is 9.78 Å². The van der Waals surface area contributed by atoms with Gasteiger partial charge in [0.25, 0.3) is 0 Å². The van der Waals surface area contributed by atoms with Gasteiger partial charge in [0.2, 0.25) is 0 Å². The Morgan fingerprint density at radius 2 is 1.96 bits per heavy atom. The summed E-state index contributed by atoms with van der Waals surface area (Å²) in [5.74, 6) is 2.35. The minimum absolute atomic E-state index is 0.102. The van der Waals surface area contributed by atoms with Crippen molar-refractivity contribution in [2.24, 2.45) is 7.05 Å². The lowest BCUT2D eigenvalue weighted by molar-refractivity contribution is 0.159. The van der Waals surface area contributed by atoms with E-state index in [0.717, 1.165) is 17.3 Å². The summed E-state index contributed by atoms with van der Waals surface area (Å²) >= 11 is 5.84. The van der Waals surface area contributed by atoms with Gasteiger partial charge >= 0.3 is 6.03 Å². The number of anilines is 1. The predicted molar refractivity (Wildman–Crippen MR) is 89.9 cm³/mol. The van der Waals surface area contributed by atoms with E-state index in [1.807, 2.05) is 11.7 Å². The lowest BCUT2D eigenvalue weighted by Gasteiger charge is -2.38. The highest BCUT2D eigenvalue weighted by Crippen LogP contribution is 2.27. The van der Waals surface area contributed by atoms with E-state index in [0.29, 0.717) is 24.0 Å². The van der Waals surface area contributed by atoms with Gasteiger partial charge in [0.15, 0.2) is 5.82 Å². The fourth-order valence-electron chi connectivity index (χ4n) is 2.56. The van der Waals surface area contributed by atoms with E-state index in [4.69, 9.17) is 11.6 Å². The minimum atomic E-state index is -0.102. The van der Waals surface area contributed by atoms with E-state index in [9.17, 15) is 4.79 Å². The number of nitrogens with one attached hydrogen (secondary N) is 1. The Morgan fingerprint density at radius 1 is 1.30 bits per heavy atom. The molecule has 0 saturated carbocycles. The first-order valence-corrected chi connectivity index (χ1v) is 8.04. The number of hydrogen-bond donors (Lipinski definition) is 1. The van der Waals surface area contributed by atoms with E-state index >= 15 is 0 Å². The van der Waals surface area contributed by atoms with Crippen LogP contribution in [-0.4, -0.2) is 38.8 Å². The molecule has 0 unspecified atom stereocenters. The topological polar surface area (TPSA) is 63.1 Å². The second kappa shape index (κ2) is 6.20. The largest absolute Gasteiger partial charge is 0.323 e. The van der Waals surface area contributed by atoms with Crippen LogP contribution in [0.5, 0.6) is 0 Å². The van der Waals surface area contributed by atoms with Crippen molar-refractivity contribution in [2.45, 2.75) is 25.7 Å². The van der Waals surface area contributed by atoms with Gasteiger partial charge in [0.1, 0.15) is 5.82 Å². The van der Waals surface area contributed by atoms with Crippen molar-refractivity contribution in [1.29, 1.82) is 0 Å². The molecule has 1 saturated heterocycles. The maximum atomic E-state index is 12.2. The molecule has 1 aromatic heterocycles. The fourth-order valence-corrected chi connectivity index (χ4v) is 2.69. The Balaban J connectivity index is 1.58. The zero-order valence-electron chi connectivity index (χ0n) is 13.5. The summed E-state index contributed by atoms with van der Waals surface area (Å²) in [6.07, 6.45) is 0. The van der Waals surface area contributed by atoms with Crippen LogP contribution in [0.25, 0.3) is 0 Å². The molecule has 2 amide bonds. The molecular formula is C16H20ClN5O. The molecule has 122 valence electrons. The number of aromatic nitrogens is 3. The van der Waals surface area contributed by atoms with Gasteiger partial charge < -0.3 is 10.2 Å². The van der Waals surface area contributed by atoms with Crippen molar-refractivity contribution in [3.63, 3.8) is 0 Å². The van der Waals surface area contributed by atoms with E-state index < -0.39 is 0 Å². The SMILES string of the molecule is CC(C)c1nc(C2CN(C(=O)Nc3ccc(Cl)cc3)C2)n(C)n1. The average Bonchev–Trinajstić information content (AvgIpc) is 2.82. The van der Waals surface area contributed by atoms with Crippen LogP contribution in [0.15, 0.2) is 24.3 Å². The number of carbonyl (C=O) groups excluding carboxylic acids is 1. The van der Waals surface area contributed by atoms with Gasteiger partial charge in [-0.1, -0.05) is 25.4 Å². The number of likely N-dealkylation sites (tertiary alicyclic amines) is 1.